The average molecular weight is 210 g/mol. The summed E-state index contributed by atoms with van der Waals surface area (Å²) in [7, 11) is 0. The molecule has 14 heavy (non-hydrogen) atoms. The Bertz CT molecular complexity index is 190. The van der Waals surface area contributed by atoms with E-state index in [1.54, 1.807) is 0 Å². The van der Waals surface area contributed by atoms with Crippen LogP contribution in [0.2, 0.25) is 0 Å². The average Bonchev–Trinajstić information content (AvgIpc) is 2.14. The lowest BCUT2D eigenvalue weighted by Crippen LogP contribution is -2.55. The first-order valence-electron chi connectivity index (χ1n) is 4.43. The van der Waals surface area contributed by atoms with Gasteiger partial charge in [-0.25, -0.2) is 13.6 Å². The van der Waals surface area contributed by atoms with Crippen LogP contribution in [0.25, 0.3) is 0 Å². The number of carbonyl (C=O) groups excluding carboxylic acids is 1. The van der Waals surface area contributed by atoms with E-state index in [2.05, 4.69) is 4.74 Å². The van der Waals surface area contributed by atoms with Crippen molar-refractivity contribution in [3.63, 3.8) is 0 Å². The number of alkyl halides is 2. The van der Waals surface area contributed by atoms with Crippen LogP contribution in [0.1, 0.15) is 19.8 Å². The fourth-order valence-corrected chi connectivity index (χ4v) is 0.960. The van der Waals surface area contributed by atoms with Gasteiger partial charge in [0.2, 0.25) is 0 Å². The number of hydrogen-bond donors (Lipinski definition) is 2. The van der Waals surface area contributed by atoms with Gasteiger partial charge in [-0.05, 0) is 26.3 Å². The first kappa shape index (κ1) is 13.2. The summed E-state index contributed by atoms with van der Waals surface area (Å²) in [5.74, 6) is -1.07. The van der Waals surface area contributed by atoms with Gasteiger partial charge in [0, 0.05) is 0 Å². The van der Waals surface area contributed by atoms with Gasteiger partial charge in [0.05, 0.1) is 6.61 Å². The standard InChI is InChI=1S/C8H16F2N2O2/c1-2-14-7(13)8(12,6(9)10)4-3-5-11/h6H,2-5,11-12H2,1H3. The molecule has 0 fully saturated rings. The van der Waals surface area contributed by atoms with Gasteiger partial charge in [0.1, 0.15) is 0 Å². The van der Waals surface area contributed by atoms with Gasteiger partial charge in [-0.3, -0.25) is 0 Å². The number of esters is 1. The molecule has 0 aliphatic rings. The van der Waals surface area contributed by atoms with Crippen LogP contribution in [0.15, 0.2) is 0 Å². The van der Waals surface area contributed by atoms with E-state index < -0.39 is 17.9 Å². The number of carbonyl (C=O) groups is 1. The third kappa shape index (κ3) is 3.19. The maximum absolute atomic E-state index is 12.5. The van der Waals surface area contributed by atoms with Crippen molar-refractivity contribution in [1.82, 2.24) is 0 Å². The van der Waals surface area contributed by atoms with Crippen molar-refractivity contribution in [2.45, 2.75) is 31.7 Å². The Morgan fingerprint density at radius 2 is 2.14 bits per heavy atom. The van der Waals surface area contributed by atoms with Crippen molar-refractivity contribution in [3.8, 4) is 0 Å². The zero-order valence-electron chi connectivity index (χ0n) is 8.13. The fraction of sp³-hybridized carbons (Fsp3) is 0.875. The van der Waals surface area contributed by atoms with E-state index >= 15 is 0 Å². The molecule has 1 unspecified atom stereocenters. The van der Waals surface area contributed by atoms with Crippen molar-refractivity contribution >= 4 is 5.97 Å². The third-order valence-electron chi connectivity index (χ3n) is 1.84. The molecule has 0 rings (SSSR count). The molecule has 0 spiro atoms. The van der Waals surface area contributed by atoms with Gasteiger partial charge in [-0.15, -0.1) is 0 Å². The van der Waals surface area contributed by atoms with E-state index in [9.17, 15) is 13.6 Å². The summed E-state index contributed by atoms with van der Waals surface area (Å²) in [6, 6.07) is 0. The summed E-state index contributed by atoms with van der Waals surface area (Å²) < 4.78 is 29.5. The Labute approximate surface area is 81.6 Å². The molecule has 0 aromatic heterocycles. The summed E-state index contributed by atoms with van der Waals surface area (Å²) in [6.45, 7) is 1.78. The number of nitrogens with two attached hydrogens (primary N) is 2. The van der Waals surface area contributed by atoms with Gasteiger partial charge in [-0.2, -0.15) is 0 Å². The second-order valence-corrected chi connectivity index (χ2v) is 2.95. The highest BCUT2D eigenvalue weighted by Crippen LogP contribution is 2.20. The molecule has 1 atom stereocenters. The van der Waals surface area contributed by atoms with Crippen LogP contribution in [0.5, 0.6) is 0 Å². The highest BCUT2D eigenvalue weighted by Gasteiger charge is 2.44. The molecular formula is C8H16F2N2O2. The molecule has 0 heterocycles. The second kappa shape index (κ2) is 5.87. The van der Waals surface area contributed by atoms with Crippen LogP contribution in [0, 0.1) is 0 Å². The van der Waals surface area contributed by atoms with E-state index in [0.717, 1.165) is 0 Å². The van der Waals surface area contributed by atoms with Crippen LogP contribution >= 0.6 is 0 Å². The van der Waals surface area contributed by atoms with Gasteiger partial charge in [-0.1, -0.05) is 0 Å². The molecule has 0 aromatic carbocycles. The Balaban J connectivity index is 4.45. The predicted molar refractivity (Wildman–Crippen MR) is 47.8 cm³/mol. The lowest BCUT2D eigenvalue weighted by atomic mass is 9.95. The van der Waals surface area contributed by atoms with Crippen LogP contribution in [0.4, 0.5) is 8.78 Å². The molecule has 84 valence electrons. The highest BCUT2D eigenvalue weighted by atomic mass is 19.3. The van der Waals surface area contributed by atoms with Crippen molar-refractivity contribution in [2.75, 3.05) is 13.2 Å². The number of ether oxygens (including phenoxy) is 1. The minimum atomic E-state index is -2.94. The summed E-state index contributed by atoms with van der Waals surface area (Å²) in [5.41, 5.74) is 8.22. The van der Waals surface area contributed by atoms with Crippen molar-refractivity contribution in [3.05, 3.63) is 0 Å². The number of halogens is 2. The van der Waals surface area contributed by atoms with Gasteiger partial charge >= 0.3 is 5.97 Å². The SMILES string of the molecule is CCOC(=O)C(N)(CCCN)C(F)F. The summed E-state index contributed by atoms with van der Waals surface area (Å²) in [4.78, 5) is 11.1. The van der Waals surface area contributed by atoms with E-state index in [0.29, 0.717) is 0 Å². The monoisotopic (exact) mass is 210 g/mol. The third-order valence-corrected chi connectivity index (χ3v) is 1.84. The number of rotatable bonds is 6. The van der Waals surface area contributed by atoms with Crippen LogP contribution in [-0.2, 0) is 9.53 Å². The lowest BCUT2D eigenvalue weighted by molar-refractivity contribution is -0.156. The molecule has 0 saturated carbocycles. The molecule has 0 radical (unpaired) electrons. The molecule has 0 saturated heterocycles. The summed E-state index contributed by atoms with van der Waals surface area (Å²) >= 11 is 0. The van der Waals surface area contributed by atoms with Crippen molar-refractivity contribution < 1.29 is 18.3 Å². The number of hydrogen-bond acceptors (Lipinski definition) is 4. The maximum atomic E-state index is 12.5. The van der Waals surface area contributed by atoms with E-state index in [1.807, 2.05) is 0 Å². The van der Waals surface area contributed by atoms with Crippen LogP contribution in [0.3, 0.4) is 0 Å². The normalized spacial score (nSPS) is 15.3. The molecular weight excluding hydrogens is 194 g/mol. The molecule has 6 heteroatoms. The molecule has 0 amide bonds. The Kier molecular flexibility index (Phi) is 5.56. The Morgan fingerprint density at radius 1 is 1.57 bits per heavy atom. The minimum Gasteiger partial charge on any atom is -0.464 e. The van der Waals surface area contributed by atoms with Crippen molar-refractivity contribution in [2.24, 2.45) is 11.5 Å². The Hall–Kier alpha value is -0.750. The van der Waals surface area contributed by atoms with E-state index in [1.165, 1.54) is 6.92 Å². The summed E-state index contributed by atoms with van der Waals surface area (Å²) in [5, 5.41) is 0. The molecule has 0 aliphatic carbocycles. The van der Waals surface area contributed by atoms with Crippen LogP contribution in [-0.4, -0.2) is 31.1 Å². The van der Waals surface area contributed by atoms with E-state index in [-0.39, 0.29) is 26.0 Å². The summed E-state index contributed by atoms with van der Waals surface area (Å²) in [6.07, 6.45) is -2.84. The highest BCUT2D eigenvalue weighted by molar-refractivity contribution is 5.81. The largest absolute Gasteiger partial charge is 0.464 e. The molecule has 0 bridgehead atoms. The Morgan fingerprint density at radius 3 is 2.50 bits per heavy atom. The second-order valence-electron chi connectivity index (χ2n) is 2.95. The van der Waals surface area contributed by atoms with Gasteiger partial charge < -0.3 is 16.2 Å². The first-order valence-corrected chi connectivity index (χ1v) is 4.43. The maximum Gasteiger partial charge on any atom is 0.332 e. The predicted octanol–water partition coefficient (Wildman–Crippen LogP) is 0.251. The van der Waals surface area contributed by atoms with E-state index in [4.69, 9.17) is 11.5 Å². The zero-order valence-corrected chi connectivity index (χ0v) is 8.13. The van der Waals surface area contributed by atoms with Crippen LogP contribution < -0.4 is 11.5 Å². The van der Waals surface area contributed by atoms with Gasteiger partial charge in [0.25, 0.3) is 6.43 Å². The lowest BCUT2D eigenvalue weighted by Gasteiger charge is -2.25. The topological polar surface area (TPSA) is 78.3 Å². The first-order chi connectivity index (χ1) is 6.49. The fourth-order valence-electron chi connectivity index (χ4n) is 0.960. The van der Waals surface area contributed by atoms with Crippen molar-refractivity contribution in [1.29, 1.82) is 0 Å². The molecule has 0 aliphatic heterocycles. The van der Waals surface area contributed by atoms with Gasteiger partial charge in [0.15, 0.2) is 5.54 Å². The smallest absolute Gasteiger partial charge is 0.332 e. The molecule has 4 nitrogen and oxygen atoms in total. The zero-order chi connectivity index (χ0) is 11.2. The molecule has 0 aromatic rings. The molecule has 4 N–H and O–H groups in total. The minimum absolute atomic E-state index is 0.0348. The quantitative estimate of drug-likeness (QED) is 0.616.